The van der Waals surface area contributed by atoms with Gasteiger partial charge in [0.15, 0.2) is 0 Å². The molecule has 12 heavy (non-hydrogen) atoms. The van der Waals surface area contributed by atoms with Gasteiger partial charge in [0.05, 0.1) is 0 Å². The van der Waals surface area contributed by atoms with Crippen LogP contribution in [0.4, 0.5) is 0 Å². The molecule has 2 aliphatic rings. The average molecular weight is 184 g/mol. The molecule has 0 N–H and O–H groups in total. The molecule has 0 atom stereocenters. The molecule has 1 aromatic carbocycles. The molecule has 2 aliphatic heterocycles. The summed E-state index contributed by atoms with van der Waals surface area (Å²) in [4.78, 5) is 3.17. The molecule has 2 heteroatoms. The van der Waals surface area contributed by atoms with Crippen molar-refractivity contribution in [2.24, 2.45) is 0 Å². The lowest BCUT2D eigenvalue weighted by atomic mass is 10.1. The molecule has 0 amide bonds. The van der Waals surface area contributed by atoms with E-state index in [0.717, 1.165) is 0 Å². The molecule has 0 fully saturated rings. The highest BCUT2D eigenvalue weighted by molar-refractivity contribution is 6.39. The third-order valence-corrected chi connectivity index (χ3v) is 4.88. The molecule has 0 saturated heterocycles. The maximum absolute atomic E-state index is 2.39. The number of rotatable bonds is 0. The Kier molecular flexibility index (Phi) is 1.28. The van der Waals surface area contributed by atoms with Gasteiger partial charge >= 0.3 is 0 Å². The predicted octanol–water partition coefficient (Wildman–Crippen LogP) is 1.03. The van der Waals surface area contributed by atoms with Crippen LogP contribution in [-0.4, -0.2) is 18.3 Å². The summed E-state index contributed by atoms with van der Waals surface area (Å²) in [5.41, 5.74) is 7.64. The molecule has 3 rings (SSSR count). The number of hydrogen-bond donors (Lipinski definition) is 0. The van der Waals surface area contributed by atoms with Crippen LogP contribution in [0, 0.1) is 9.63 Å². The van der Waals surface area contributed by atoms with Crippen LogP contribution < -0.4 is 0 Å². The van der Waals surface area contributed by atoms with E-state index in [1.807, 2.05) is 0 Å². The van der Waals surface area contributed by atoms with Gasteiger partial charge in [-0.2, -0.15) is 0 Å². The Morgan fingerprint density at radius 1 is 0.750 bits per heavy atom. The molecule has 0 aromatic heterocycles. The Bertz CT molecular complexity index is 472. The fourth-order valence-electron chi connectivity index (χ4n) is 1.76. The van der Waals surface area contributed by atoms with E-state index in [2.05, 4.69) is 35.7 Å². The van der Waals surface area contributed by atoms with Crippen molar-refractivity contribution in [2.75, 3.05) is 0 Å². The zero-order valence-electron chi connectivity index (χ0n) is 6.62. The van der Waals surface area contributed by atoms with Crippen LogP contribution in [0.5, 0.6) is 0 Å². The first-order valence-electron chi connectivity index (χ1n) is 4.14. The van der Waals surface area contributed by atoms with E-state index in [9.17, 15) is 0 Å². The summed E-state index contributed by atoms with van der Waals surface area (Å²) in [5, 5.41) is 0. The molecule has 1 aromatic rings. The third kappa shape index (κ3) is 0.821. The van der Waals surface area contributed by atoms with E-state index in [1.165, 1.54) is 11.1 Å². The standard InChI is InChI=1S/C10H8Si2/c1-3-11-9-6-8-2-4-12-10(8)5-7(1)9/h1-6,11-12H. The van der Waals surface area contributed by atoms with E-state index in [4.69, 9.17) is 0 Å². The Morgan fingerprint density at radius 3 is 1.75 bits per heavy atom. The summed E-state index contributed by atoms with van der Waals surface area (Å²) in [5.74, 6) is 0. The topological polar surface area (TPSA) is 0 Å². The summed E-state index contributed by atoms with van der Waals surface area (Å²) in [6.07, 6.45) is 4.56. The largest absolute Gasteiger partial charge is 0.0793 e. The van der Waals surface area contributed by atoms with Gasteiger partial charge in [-0.1, -0.05) is 35.7 Å². The molecule has 0 aliphatic carbocycles. The Labute approximate surface area is 75.1 Å². The summed E-state index contributed by atoms with van der Waals surface area (Å²) in [7, 11) is 0.866. The zero-order chi connectivity index (χ0) is 7.97. The molecule has 0 bridgehead atoms. The fraction of sp³-hybridized carbons (Fsp3) is 0. The lowest BCUT2D eigenvalue weighted by molar-refractivity contribution is 1.57. The molecule has 56 valence electrons. The molecule has 0 spiro atoms. The first kappa shape index (κ1) is 6.63. The number of benzene rings is 1. The van der Waals surface area contributed by atoms with Gasteiger partial charge in [0.1, 0.15) is 0 Å². The van der Waals surface area contributed by atoms with Gasteiger partial charge in [-0.15, -0.1) is 0 Å². The lowest BCUT2D eigenvalue weighted by Gasteiger charge is -1.95. The van der Waals surface area contributed by atoms with E-state index >= 15 is 0 Å². The second kappa shape index (κ2) is 2.31. The molecule has 0 saturated carbocycles. The van der Waals surface area contributed by atoms with Gasteiger partial charge in [0.25, 0.3) is 0 Å². The fourth-order valence-corrected chi connectivity index (χ4v) is 4.07. The van der Waals surface area contributed by atoms with Gasteiger partial charge in [-0.3, -0.25) is 0 Å². The van der Waals surface area contributed by atoms with Gasteiger partial charge in [0.2, 0.25) is 0 Å². The predicted molar refractivity (Wildman–Crippen MR) is 56.5 cm³/mol. The quantitative estimate of drug-likeness (QED) is 0.528. The summed E-state index contributed by atoms with van der Waals surface area (Å²) >= 11 is 0. The Hall–Kier alpha value is -0.866. The Morgan fingerprint density at radius 2 is 1.25 bits per heavy atom. The van der Waals surface area contributed by atoms with Crippen LogP contribution in [0.15, 0.2) is 23.5 Å². The summed E-state index contributed by atoms with van der Waals surface area (Å²) < 4.78 is 0. The lowest BCUT2D eigenvalue weighted by Crippen LogP contribution is -1.81. The van der Waals surface area contributed by atoms with Crippen LogP contribution >= 0.6 is 0 Å². The number of fused-ring (bicyclic) bond motifs is 2. The van der Waals surface area contributed by atoms with Gasteiger partial charge in [-0.25, -0.2) is 0 Å². The van der Waals surface area contributed by atoms with Gasteiger partial charge in [0, 0.05) is 18.3 Å². The van der Waals surface area contributed by atoms with Gasteiger partial charge in [-0.05, 0) is 20.8 Å². The average Bonchev–Trinajstić information content (AvgIpc) is 2.64. The van der Waals surface area contributed by atoms with Crippen molar-refractivity contribution in [1.29, 1.82) is 0 Å². The maximum Gasteiger partial charge on any atom is 0.0301 e. The van der Waals surface area contributed by atoms with Crippen molar-refractivity contribution in [3.05, 3.63) is 44.3 Å². The molecule has 2 heterocycles. The van der Waals surface area contributed by atoms with Crippen molar-refractivity contribution in [3.63, 3.8) is 0 Å². The van der Waals surface area contributed by atoms with Crippen LogP contribution in [0.2, 0.25) is 0 Å². The highest BCUT2D eigenvalue weighted by atomic mass is 28.2. The molecule has 0 radical (unpaired) electrons. The minimum atomic E-state index is 0.433. The number of hydrogen-bond acceptors (Lipinski definition) is 0. The van der Waals surface area contributed by atoms with Crippen LogP contribution in [0.25, 0.3) is 12.2 Å². The Balaban J connectivity index is 2.50. The van der Waals surface area contributed by atoms with E-state index in [-0.39, 0.29) is 0 Å². The van der Waals surface area contributed by atoms with E-state index in [1.54, 1.807) is 9.63 Å². The van der Waals surface area contributed by atoms with E-state index < -0.39 is 0 Å². The zero-order valence-corrected chi connectivity index (χ0v) is 8.93. The second-order valence-electron chi connectivity index (χ2n) is 3.16. The van der Waals surface area contributed by atoms with Crippen molar-refractivity contribution in [1.82, 2.24) is 0 Å². The van der Waals surface area contributed by atoms with Crippen molar-refractivity contribution < 1.29 is 0 Å². The summed E-state index contributed by atoms with van der Waals surface area (Å²) in [6.45, 7) is 0. The highest BCUT2D eigenvalue weighted by Gasteiger charge is 2.01. The monoisotopic (exact) mass is 184 g/mol. The molecular formula is C10H8Si2. The second-order valence-corrected chi connectivity index (χ2v) is 5.84. The molecule has 0 unspecified atom stereocenters. The van der Waals surface area contributed by atoms with Crippen molar-refractivity contribution >= 4 is 30.4 Å². The first-order chi connectivity index (χ1) is 5.93. The van der Waals surface area contributed by atoms with Crippen LogP contribution in [0.3, 0.4) is 0 Å². The third-order valence-electron chi connectivity index (χ3n) is 2.39. The van der Waals surface area contributed by atoms with E-state index in [0.29, 0.717) is 18.3 Å². The maximum atomic E-state index is 2.39. The van der Waals surface area contributed by atoms with Gasteiger partial charge < -0.3 is 0 Å². The molecular weight excluding hydrogens is 176 g/mol. The summed E-state index contributed by atoms with van der Waals surface area (Å²) in [6, 6.07) is 4.77. The SMILES string of the molecule is C1=Cc2cc3c(cc2=[SiH]1)C=C[SiH]=3. The van der Waals surface area contributed by atoms with Crippen molar-refractivity contribution in [3.8, 4) is 0 Å². The first-order valence-corrected chi connectivity index (χ1v) is 6.63. The van der Waals surface area contributed by atoms with Crippen LogP contribution in [-0.2, 0) is 0 Å². The van der Waals surface area contributed by atoms with Crippen molar-refractivity contribution in [2.45, 2.75) is 0 Å². The molecule has 0 nitrogen and oxygen atoms in total. The minimum absolute atomic E-state index is 0.433. The smallest absolute Gasteiger partial charge is 0.0301 e. The minimum Gasteiger partial charge on any atom is -0.0793 e. The highest BCUT2D eigenvalue weighted by Crippen LogP contribution is 2.15. The normalized spacial score (nSPS) is 15.3. The van der Waals surface area contributed by atoms with Crippen LogP contribution in [0.1, 0.15) is 11.1 Å².